The second kappa shape index (κ2) is 4.73. The first-order valence-electron chi connectivity index (χ1n) is 5.16. The topological polar surface area (TPSA) is 117 Å². The van der Waals surface area contributed by atoms with Crippen LogP contribution in [0, 0.1) is 0 Å². The van der Waals surface area contributed by atoms with Crippen molar-refractivity contribution >= 4 is 34.4 Å². The van der Waals surface area contributed by atoms with E-state index in [0.29, 0.717) is 10.9 Å². The normalized spacial score (nSPS) is 10.1. The largest absolute Gasteiger partial charge is 0.478 e. The first kappa shape index (κ1) is 12.5. The van der Waals surface area contributed by atoms with E-state index >= 15 is 0 Å². The monoisotopic (exact) mass is 260 g/mol. The maximum Gasteiger partial charge on any atom is 0.394 e. The molecule has 0 unspecified atom stereocenters. The van der Waals surface area contributed by atoms with E-state index < -0.39 is 17.8 Å². The van der Waals surface area contributed by atoms with E-state index in [4.69, 9.17) is 5.11 Å². The molecule has 0 saturated heterocycles. The van der Waals surface area contributed by atoms with Crippen molar-refractivity contribution in [2.75, 3.05) is 5.32 Å². The average Bonchev–Trinajstić information content (AvgIpc) is 2.37. The molecular weight excluding hydrogens is 252 g/mol. The van der Waals surface area contributed by atoms with Crippen molar-refractivity contribution in [2.24, 2.45) is 0 Å². The number of carboxylic acid groups (broad SMARTS) is 2. The number of aromatic nitrogens is 1. The number of aliphatic carboxylic acids is 1. The number of carbonyl (C=O) groups excluding carboxylic acids is 1. The molecule has 7 nitrogen and oxygen atoms in total. The molecule has 0 atom stereocenters. The SMILES string of the molecule is O=C(O)C(=O)Nc1cnc2ccccc2c1C(=O)O. The van der Waals surface area contributed by atoms with Gasteiger partial charge >= 0.3 is 17.8 Å². The van der Waals surface area contributed by atoms with Crippen molar-refractivity contribution in [1.29, 1.82) is 0 Å². The molecule has 0 spiro atoms. The summed E-state index contributed by atoms with van der Waals surface area (Å²) < 4.78 is 0. The Kier molecular flexibility index (Phi) is 3.11. The lowest BCUT2D eigenvalue weighted by atomic mass is 10.1. The molecule has 1 heterocycles. The zero-order valence-corrected chi connectivity index (χ0v) is 9.45. The number of rotatable bonds is 2. The summed E-state index contributed by atoms with van der Waals surface area (Å²) in [6.07, 6.45) is 1.12. The molecule has 0 aliphatic heterocycles. The Morgan fingerprint density at radius 1 is 1.11 bits per heavy atom. The number of hydrogen-bond donors (Lipinski definition) is 3. The van der Waals surface area contributed by atoms with Crippen LogP contribution in [0.3, 0.4) is 0 Å². The number of fused-ring (bicyclic) bond motifs is 1. The van der Waals surface area contributed by atoms with Gasteiger partial charge in [-0.15, -0.1) is 0 Å². The van der Waals surface area contributed by atoms with Gasteiger partial charge in [-0.25, -0.2) is 9.59 Å². The number of pyridine rings is 1. The van der Waals surface area contributed by atoms with E-state index in [1.54, 1.807) is 18.2 Å². The molecule has 0 saturated carbocycles. The lowest BCUT2D eigenvalue weighted by Gasteiger charge is -2.08. The number of benzene rings is 1. The molecule has 1 aromatic carbocycles. The van der Waals surface area contributed by atoms with Gasteiger partial charge in [-0.3, -0.25) is 9.78 Å². The van der Waals surface area contributed by atoms with Gasteiger partial charge in [-0.2, -0.15) is 0 Å². The highest BCUT2D eigenvalue weighted by Crippen LogP contribution is 2.24. The fourth-order valence-electron chi connectivity index (χ4n) is 1.64. The van der Waals surface area contributed by atoms with Crippen molar-refractivity contribution in [3.05, 3.63) is 36.0 Å². The van der Waals surface area contributed by atoms with E-state index in [1.165, 1.54) is 6.07 Å². The zero-order valence-electron chi connectivity index (χ0n) is 9.45. The fraction of sp³-hybridized carbons (Fsp3) is 0. The lowest BCUT2D eigenvalue weighted by Crippen LogP contribution is -2.23. The third kappa shape index (κ3) is 2.34. The predicted molar refractivity (Wildman–Crippen MR) is 65.0 cm³/mol. The molecule has 0 aliphatic carbocycles. The van der Waals surface area contributed by atoms with Crippen LogP contribution in [0.2, 0.25) is 0 Å². The number of anilines is 1. The summed E-state index contributed by atoms with van der Waals surface area (Å²) in [4.78, 5) is 36.8. The van der Waals surface area contributed by atoms with Gasteiger partial charge in [0.1, 0.15) is 0 Å². The molecule has 19 heavy (non-hydrogen) atoms. The van der Waals surface area contributed by atoms with Crippen molar-refractivity contribution < 1.29 is 24.6 Å². The number of nitrogens with one attached hydrogen (secondary N) is 1. The Balaban J connectivity index is 2.61. The van der Waals surface area contributed by atoms with Crippen molar-refractivity contribution in [3.63, 3.8) is 0 Å². The minimum atomic E-state index is -1.70. The Bertz CT molecular complexity index is 696. The molecule has 96 valence electrons. The van der Waals surface area contributed by atoms with E-state index in [0.717, 1.165) is 6.20 Å². The second-order valence-electron chi connectivity index (χ2n) is 3.63. The van der Waals surface area contributed by atoms with Gasteiger partial charge in [0.05, 0.1) is 23.0 Å². The molecule has 1 aromatic heterocycles. The summed E-state index contributed by atoms with van der Waals surface area (Å²) in [5.41, 5.74) is 0.0898. The molecule has 0 bridgehead atoms. The third-order valence-electron chi connectivity index (χ3n) is 2.43. The number of carbonyl (C=O) groups is 3. The van der Waals surface area contributed by atoms with Crippen LogP contribution in [0.1, 0.15) is 10.4 Å². The second-order valence-corrected chi connectivity index (χ2v) is 3.63. The standard InChI is InChI=1S/C12H8N2O5/c15-10(12(18)19)14-8-5-13-7-4-2-1-3-6(7)9(8)11(16)17/h1-5H,(H,14,15)(H,16,17)(H,18,19). The number of aromatic carboxylic acids is 1. The minimum Gasteiger partial charge on any atom is -0.478 e. The summed E-state index contributed by atoms with van der Waals surface area (Å²) >= 11 is 0. The van der Waals surface area contributed by atoms with Gasteiger partial charge in [-0.05, 0) is 6.07 Å². The zero-order chi connectivity index (χ0) is 14.0. The Morgan fingerprint density at radius 3 is 2.42 bits per heavy atom. The number of amides is 1. The van der Waals surface area contributed by atoms with Crippen LogP contribution in [0.4, 0.5) is 5.69 Å². The molecule has 2 aromatic rings. The maximum absolute atomic E-state index is 11.3. The molecule has 1 amide bonds. The van der Waals surface area contributed by atoms with Crippen LogP contribution in [-0.4, -0.2) is 33.0 Å². The van der Waals surface area contributed by atoms with Gasteiger partial charge in [0.15, 0.2) is 0 Å². The van der Waals surface area contributed by atoms with Gasteiger partial charge in [-0.1, -0.05) is 18.2 Å². The summed E-state index contributed by atoms with van der Waals surface area (Å²) in [6, 6.07) is 6.46. The van der Waals surface area contributed by atoms with Crippen molar-refractivity contribution in [3.8, 4) is 0 Å². The van der Waals surface area contributed by atoms with Crippen LogP contribution in [0.5, 0.6) is 0 Å². The van der Waals surface area contributed by atoms with Crippen LogP contribution in [-0.2, 0) is 9.59 Å². The molecule has 7 heteroatoms. The summed E-state index contributed by atoms with van der Waals surface area (Å²) in [5.74, 6) is -4.30. The molecule has 0 radical (unpaired) electrons. The molecule has 0 fully saturated rings. The third-order valence-corrected chi connectivity index (χ3v) is 2.43. The van der Waals surface area contributed by atoms with Crippen LogP contribution >= 0.6 is 0 Å². The molecular formula is C12H8N2O5. The van der Waals surface area contributed by atoms with E-state index in [2.05, 4.69) is 4.98 Å². The summed E-state index contributed by atoms with van der Waals surface area (Å²) in [6.45, 7) is 0. The van der Waals surface area contributed by atoms with Crippen molar-refractivity contribution in [2.45, 2.75) is 0 Å². The maximum atomic E-state index is 11.3. The van der Waals surface area contributed by atoms with Crippen molar-refractivity contribution in [1.82, 2.24) is 4.98 Å². The van der Waals surface area contributed by atoms with Gasteiger partial charge in [0.2, 0.25) is 0 Å². The van der Waals surface area contributed by atoms with Crippen LogP contribution in [0.25, 0.3) is 10.9 Å². The van der Waals surface area contributed by atoms with Crippen LogP contribution in [0.15, 0.2) is 30.5 Å². The van der Waals surface area contributed by atoms with E-state index in [9.17, 15) is 19.5 Å². The lowest BCUT2D eigenvalue weighted by molar-refractivity contribution is -0.147. The number of hydrogen-bond acceptors (Lipinski definition) is 4. The number of para-hydroxylation sites is 1. The first-order valence-corrected chi connectivity index (χ1v) is 5.16. The van der Waals surface area contributed by atoms with Gasteiger partial charge in [0, 0.05) is 5.39 Å². The fourth-order valence-corrected chi connectivity index (χ4v) is 1.64. The molecule has 3 N–H and O–H groups in total. The Hall–Kier alpha value is -2.96. The highest BCUT2D eigenvalue weighted by molar-refractivity contribution is 6.37. The highest BCUT2D eigenvalue weighted by atomic mass is 16.4. The van der Waals surface area contributed by atoms with Crippen LogP contribution < -0.4 is 5.32 Å². The smallest absolute Gasteiger partial charge is 0.394 e. The summed E-state index contributed by atoms with van der Waals surface area (Å²) in [5, 5.41) is 20.0. The predicted octanol–water partition coefficient (Wildman–Crippen LogP) is 0.956. The Labute approximate surface area is 106 Å². The number of carboxylic acids is 2. The molecule has 2 rings (SSSR count). The van der Waals surface area contributed by atoms with Gasteiger partial charge in [0.25, 0.3) is 0 Å². The highest BCUT2D eigenvalue weighted by Gasteiger charge is 2.19. The number of nitrogens with zero attached hydrogens (tertiary/aromatic N) is 1. The van der Waals surface area contributed by atoms with Gasteiger partial charge < -0.3 is 15.5 Å². The first-order chi connectivity index (χ1) is 9.00. The Morgan fingerprint density at radius 2 is 1.79 bits per heavy atom. The quantitative estimate of drug-likeness (QED) is 0.692. The summed E-state index contributed by atoms with van der Waals surface area (Å²) in [7, 11) is 0. The van der Waals surface area contributed by atoms with E-state index in [1.807, 2.05) is 5.32 Å². The van der Waals surface area contributed by atoms with E-state index in [-0.39, 0.29) is 11.3 Å². The average molecular weight is 260 g/mol. The molecule has 0 aliphatic rings. The minimum absolute atomic E-state index is 0.154.